The van der Waals surface area contributed by atoms with Gasteiger partial charge in [0.15, 0.2) is 0 Å². The highest BCUT2D eigenvalue weighted by molar-refractivity contribution is 5.80. The molecule has 2 amide bonds. The lowest BCUT2D eigenvalue weighted by atomic mass is 10.1. The molecule has 1 aliphatic heterocycles. The molecule has 1 heterocycles. The second-order valence-corrected chi connectivity index (χ2v) is 3.57. The molecule has 76 valence electrons. The van der Waals surface area contributed by atoms with Gasteiger partial charge in [-0.3, -0.25) is 0 Å². The van der Waals surface area contributed by atoms with Crippen LogP contribution in [-0.4, -0.2) is 23.5 Å². The Morgan fingerprint density at radius 2 is 2.21 bits per heavy atom. The van der Waals surface area contributed by atoms with Crippen LogP contribution in [0.1, 0.15) is 13.8 Å². The number of carbonyl (C=O) groups excluding carboxylic acids is 1. The van der Waals surface area contributed by atoms with Crippen molar-refractivity contribution in [3.8, 4) is 0 Å². The Morgan fingerprint density at radius 3 is 2.71 bits per heavy atom. The second kappa shape index (κ2) is 4.13. The monoisotopic (exact) mass is 192 g/mol. The zero-order valence-corrected chi connectivity index (χ0v) is 8.71. The molecule has 0 aromatic rings. The van der Waals surface area contributed by atoms with Crippen molar-refractivity contribution in [2.24, 2.45) is 0 Å². The third-order valence-corrected chi connectivity index (χ3v) is 2.15. The van der Waals surface area contributed by atoms with Gasteiger partial charge in [0.05, 0.1) is 0 Å². The second-order valence-electron chi connectivity index (χ2n) is 3.57. The first-order valence-electron chi connectivity index (χ1n) is 4.64. The molecule has 0 aliphatic carbocycles. The Hall–Kier alpha value is -1.51. The molecule has 0 spiro atoms. The summed E-state index contributed by atoms with van der Waals surface area (Å²) < 4.78 is 0. The molecule has 0 unspecified atom stereocenters. The van der Waals surface area contributed by atoms with Gasteiger partial charge >= 0.3 is 6.03 Å². The van der Waals surface area contributed by atoms with Gasteiger partial charge in [0.2, 0.25) is 0 Å². The van der Waals surface area contributed by atoms with Crippen molar-refractivity contribution in [1.29, 1.82) is 0 Å². The molecule has 1 N–H and O–H groups in total. The Balaban J connectivity index is 2.82. The zero-order valence-electron chi connectivity index (χ0n) is 8.71. The molecule has 0 aromatic carbocycles. The predicted molar refractivity (Wildman–Crippen MR) is 57.8 cm³/mol. The van der Waals surface area contributed by atoms with Crippen molar-refractivity contribution in [3.05, 3.63) is 36.6 Å². The molecule has 0 radical (unpaired) electrons. The molecular weight excluding hydrogens is 176 g/mol. The van der Waals surface area contributed by atoms with E-state index in [0.717, 1.165) is 11.3 Å². The number of carbonyl (C=O) groups is 1. The van der Waals surface area contributed by atoms with Crippen molar-refractivity contribution in [1.82, 2.24) is 10.2 Å². The van der Waals surface area contributed by atoms with Crippen LogP contribution in [0.15, 0.2) is 36.6 Å². The Morgan fingerprint density at radius 1 is 1.57 bits per heavy atom. The van der Waals surface area contributed by atoms with Gasteiger partial charge in [-0.1, -0.05) is 19.2 Å². The first kappa shape index (κ1) is 10.6. The number of allylic oxidation sites excluding steroid dienone is 2. The minimum Gasteiger partial charge on any atom is -0.318 e. The van der Waals surface area contributed by atoms with Crippen molar-refractivity contribution < 1.29 is 4.79 Å². The lowest BCUT2D eigenvalue weighted by molar-refractivity contribution is 0.186. The number of urea groups is 1. The van der Waals surface area contributed by atoms with E-state index in [1.54, 1.807) is 17.1 Å². The van der Waals surface area contributed by atoms with Gasteiger partial charge in [-0.2, -0.15) is 0 Å². The van der Waals surface area contributed by atoms with E-state index in [0.29, 0.717) is 6.54 Å². The predicted octanol–water partition coefficient (Wildman–Crippen LogP) is 2.05. The molecule has 1 rings (SSSR count). The number of amides is 2. The lowest BCUT2D eigenvalue weighted by Crippen LogP contribution is -2.49. The van der Waals surface area contributed by atoms with E-state index in [1.807, 2.05) is 13.8 Å². The van der Waals surface area contributed by atoms with Crippen LogP contribution in [-0.2, 0) is 0 Å². The van der Waals surface area contributed by atoms with Gasteiger partial charge in [-0.25, -0.2) is 4.79 Å². The molecule has 0 atom stereocenters. The van der Waals surface area contributed by atoms with Crippen molar-refractivity contribution >= 4 is 6.03 Å². The summed E-state index contributed by atoms with van der Waals surface area (Å²) in [7, 11) is 0. The first-order chi connectivity index (χ1) is 6.56. The van der Waals surface area contributed by atoms with Crippen LogP contribution in [0.4, 0.5) is 4.79 Å². The van der Waals surface area contributed by atoms with E-state index < -0.39 is 0 Å². The minimum atomic E-state index is -0.0690. The maximum absolute atomic E-state index is 11.6. The molecule has 3 nitrogen and oxygen atoms in total. The SMILES string of the molecule is C=C/C=C1/NC(=O)N(C(C)C)CC1=C. The summed E-state index contributed by atoms with van der Waals surface area (Å²) in [6.45, 7) is 12.0. The van der Waals surface area contributed by atoms with Gasteiger partial charge < -0.3 is 10.2 Å². The van der Waals surface area contributed by atoms with Crippen LogP contribution in [0.25, 0.3) is 0 Å². The number of nitrogens with one attached hydrogen (secondary N) is 1. The number of rotatable bonds is 2. The summed E-state index contributed by atoms with van der Waals surface area (Å²) in [5, 5.41) is 2.78. The molecule has 3 heteroatoms. The summed E-state index contributed by atoms with van der Waals surface area (Å²) in [6, 6.07) is 0.123. The third kappa shape index (κ3) is 2.05. The highest BCUT2D eigenvalue weighted by Crippen LogP contribution is 2.15. The first-order valence-corrected chi connectivity index (χ1v) is 4.64. The summed E-state index contributed by atoms with van der Waals surface area (Å²) >= 11 is 0. The van der Waals surface area contributed by atoms with E-state index in [2.05, 4.69) is 18.5 Å². The fourth-order valence-corrected chi connectivity index (χ4v) is 1.33. The number of hydrogen-bond donors (Lipinski definition) is 1. The Labute approximate surface area is 84.8 Å². The van der Waals surface area contributed by atoms with Gasteiger partial charge in [0, 0.05) is 18.3 Å². The molecule has 14 heavy (non-hydrogen) atoms. The highest BCUT2D eigenvalue weighted by Gasteiger charge is 2.24. The topological polar surface area (TPSA) is 32.3 Å². The quantitative estimate of drug-likeness (QED) is 0.713. The largest absolute Gasteiger partial charge is 0.322 e. The highest BCUT2D eigenvalue weighted by atomic mass is 16.2. The van der Waals surface area contributed by atoms with E-state index in [-0.39, 0.29) is 12.1 Å². The molecule has 1 aliphatic rings. The summed E-state index contributed by atoms with van der Waals surface area (Å²) in [6.07, 6.45) is 3.41. The van der Waals surface area contributed by atoms with Gasteiger partial charge in [0.25, 0.3) is 0 Å². The maximum Gasteiger partial charge on any atom is 0.322 e. The van der Waals surface area contributed by atoms with Crippen LogP contribution >= 0.6 is 0 Å². The van der Waals surface area contributed by atoms with Crippen molar-refractivity contribution in [2.45, 2.75) is 19.9 Å². The molecule has 0 bridgehead atoms. The molecule has 0 aromatic heterocycles. The Kier molecular flexibility index (Phi) is 3.12. The fraction of sp³-hybridized carbons (Fsp3) is 0.364. The average molecular weight is 192 g/mol. The Bertz CT molecular complexity index is 302. The number of hydrogen-bond acceptors (Lipinski definition) is 1. The van der Waals surface area contributed by atoms with Crippen molar-refractivity contribution in [3.63, 3.8) is 0 Å². The van der Waals surface area contributed by atoms with E-state index in [1.165, 1.54) is 0 Å². The third-order valence-electron chi connectivity index (χ3n) is 2.15. The standard InChI is InChI=1S/C11H16N2O/c1-5-6-10-9(4)7-13(8(2)3)11(14)12-10/h5-6,8H,1,4,7H2,2-3H3,(H,12,14)/b10-6+. The average Bonchev–Trinajstić information content (AvgIpc) is 2.10. The van der Waals surface area contributed by atoms with Gasteiger partial charge in [-0.15, -0.1) is 0 Å². The lowest BCUT2D eigenvalue weighted by Gasteiger charge is -2.33. The van der Waals surface area contributed by atoms with Gasteiger partial charge in [0.1, 0.15) is 0 Å². The molecular formula is C11H16N2O. The molecule has 1 saturated heterocycles. The zero-order chi connectivity index (χ0) is 10.7. The summed E-state index contributed by atoms with van der Waals surface area (Å²) in [5.74, 6) is 0. The van der Waals surface area contributed by atoms with E-state index >= 15 is 0 Å². The maximum atomic E-state index is 11.6. The van der Waals surface area contributed by atoms with E-state index in [9.17, 15) is 4.79 Å². The smallest absolute Gasteiger partial charge is 0.318 e. The van der Waals surface area contributed by atoms with Gasteiger partial charge in [-0.05, 0) is 25.5 Å². The minimum absolute atomic E-state index is 0.0690. The molecule has 0 saturated carbocycles. The van der Waals surface area contributed by atoms with Crippen LogP contribution < -0.4 is 5.32 Å². The fourth-order valence-electron chi connectivity index (χ4n) is 1.33. The number of nitrogens with zero attached hydrogens (tertiary/aromatic N) is 1. The summed E-state index contributed by atoms with van der Waals surface area (Å²) in [5.41, 5.74) is 1.68. The van der Waals surface area contributed by atoms with Crippen LogP contribution in [0.3, 0.4) is 0 Å². The normalized spacial score (nSPS) is 20.2. The van der Waals surface area contributed by atoms with Crippen molar-refractivity contribution in [2.75, 3.05) is 6.54 Å². The molecule has 1 fully saturated rings. The van der Waals surface area contributed by atoms with Crippen LogP contribution in [0.5, 0.6) is 0 Å². The van der Waals surface area contributed by atoms with E-state index in [4.69, 9.17) is 0 Å². The van der Waals surface area contributed by atoms with Crippen LogP contribution in [0, 0.1) is 0 Å². The van der Waals surface area contributed by atoms with Crippen LogP contribution in [0.2, 0.25) is 0 Å². The summed E-state index contributed by atoms with van der Waals surface area (Å²) in [4.78, 5) is 13.3.